The number of hydrogen-bond acceptors (Lipinski definition) is 6. The molecule has 2 aromatic carbocycles. The maximum Gasteiger partial charge on any atom is 0.248 e. The lowest BCUT2D eigenvalue weighted by molar-refractivity contribution is -0.119. The molecule has 1 saturated heterocycles. The van der Waals surface area contributed by atoms with Crippen LogP contribution in [0, 0.1) is 0 Å². The summed E-state index contributed by atoms with van der Waals surface area (Å²) in [5, 5.41) is 14.9. The van der Waals surface area contributed by atoms with Crippen molar-refractivity contribution in [1.29, 1.82) is 0 Å². The number of benzene rings is 2. The number of carbonyl (C=O) groups excluding carboxylic acids is 2. The fourth-order valence-electron chi connectivity index (χ4n) is 3.53. The predicted octanol–water partition coefficient (Wildman–Crippen LogP) is 3.52. The normalized spacial score (nSPS) is 15.5. The molecule has 1 unspecified atom stereocenters. The molecule has 0 saturated carbocycles. The second-order valence-electron chi connectivity index (χ2n) is 7.90. The van der Waals surface area contributed by atoms with Gasteiger partial charge in [-0.25, -0.2) is 0 Å². The zero-order valence-corrected chi connectivity index (χ0v) is 19.8. The number of rotatable bonds is 9. The van der Waals surface area contributed by atoms with Crippen LogP contribution in [0.2, 0.25) is 0 Å². The molecule has 1 atom stereocenters. The van der Waals surface area contributed by atoms with Gasteiger partial charge in [0.05, 0.1) is 11.9 Å². The zero-order chi connectivity index (χ0) is 23.8. The SMILES string of the molecule is Cn1c(SCC(=O)NCC2CCCO2)nnc1-c1ccc(NC(=O)/C=C/c2ccccc2)cc1. The van der Waals surface area contributed by atoms with Gasteiger partial charge in [-0.3, -0.25) is 9.59 Å². The van der Waals surface area contributed by atoms with Crippen molar-refractivity contribution in [3.63, 3.8) is 0 Å². The fourth-order valence-corrected chi connectivity index (χ4v) is 4.27. The molecule has 1 fully saturated rings. The third-order valence-corrected chi connectivity index (χ3v) is 6.38. The first-order valence-electron chi connectivity index (χ1n) is 11.1. The van der Waals surface area contributed by atoms with Crippen molar-refractivity contribution in [2.24, 2.45) is 7.05 Å². The topological polar surface area (TPSA) is 98.1 Å². The Morgan fingerprint density at radius 2 is 1.94 bits per heavy atom. The van der Waals surface area contributed by atoms with Gasteiger partial charge in [-0.15, -0.1) is 10.2 Å². The van der Waals surface area contributed by atoms with Crippen LogP contribution in [0.15, 0.2) is 65.8 Å². The predicted molar refractivity (Wildman–Crippen MR) is 133 cm³/mol. The van der Waals surface area contributed by atoms with Crippen molar-refractivity contribution in [2.45, 2.75) is 24.1 Å². The molecule has 3 aromatic rings. The molecule has 9 heteroatoms. The van der Waals surface area contributed by atoms with E-state index in [9.17, 15) is 9.59 Å². The molecule has 2 N–H and O–H groups in total. The molecule has 8 nitrogen and oxygen atoms in total. The highest BCUT2D eigenvalue weighted by Gasteiger charge is 2.17. The van der Waals surface area contributed by atoms with E-state index in [1.165, 1.54) is 17.8 Å². The Balaban J connectivity index is 1.29. The Bertz CT molecular complexity index is 1140. The molecular formula is C25H27N5O3S. The van der Waals surface area contributed by atoms with E-state index in [0.29, 0.717) is 23.2 Å². The van der Waals surface area contributed by atoms with Crippen LogP contribution in [-0.4, -0.2) is 51.6 Å². The minimum absolute atomic E-state index is 0.0496. The number of anilines is 1. The molecule has 1 aliphatic heterocycles. The van der Waals surface area contributed by atoms with E-state index >= 15 is 0 Å². The van der Waals surface area contributed by atoms with Gasteiger partial charge in [-0.2, -0.15) is 0 Å². The lowest BCUT2D eigenvalue weighted by Crippen LogP contribution is -2.32. The van der Waals surface area contributed by atoms with Crippen LogP contribution in [-0.2, 0) is 21.4 Å². The summed E-state index contributed by atoms with van der Waals surface area (Å²) in [5.74, 6) is 0.697. The highest BCUT2D eigenvalue weighted by molar-refractivity contribution is 7.99. The molecule has 0 spiro atoms. The van der Waals surface area contributed by atoms with Crippen molar-refractivity contribution in [3.05, 3.63) is 66.2 Å². The summed E-state index contributed by atoms with van der Waals surface area (Å²) in [6, 6.07) is 17.1. The minimum atomic E-state index is -0.202. The molecule has 2 heterocycles. The largest absolute Gasteiger partial charge is 0.376 e. The van der Waals surface area contributed by atoms with E-state index in [0.717, 1.165) is 30.6 Å². The average Bonchev–Trinajstić information content (AvgIpc) is 3.51. The van der Waals surface area contributed by atoms with Crippen LogP contribution in [0.4, 0.5) is 5.69 Å². The Kier molecular flexibility index (Phi) is 8.11. The molecule has 0 radical (unpaired) electrons. The smallest absolute Gasteiger partial charge is 0.248 e. The quantitative estimate of drug-likeness (QED) is 0.362. The third kappa shape index (κ3) is 6.55. The summed E-state index contributed by atoms with van der Waals surface area (Å²) in [4.78, 5) is 24.3. The first-order valence-corrected chi connectivity index (χ1v) is 12.1. The second kappa shape index (κ2) is 11.6. The highest BCUT2D eigenvalue weighted by atomic mass is 32.2. The number of nitrogens with zero attached hydrogens (tertiary/aromatic N) is 3. The summed E-state index contributed by atoms with van der Waals surface area (Å²) >= 11 is 1.34. The molecule has 1 aromatic heterocycles. The monoisotopic (exact) mass is 477 g/mol. The lowest BCUT2D eigenvalue weighted by atomic mass is 10.2. The van der Waals surface area contributed by atoms with E-state index in [2.05, 4.69) is 20.8 Å². The van der Waals surface area contributed by atoms with Gasteiger partial charge in [0.25, 0.3) is 0 Å². The fraction of sp³-hybridized carbons (Fsp3) is 0.280. The molecule has 0 bridgehead atoms. The number of hydrogen-bond donors (Lipinski definition) is 2. The number of ether oxygens (including phenoxy) is 1. The van der Waals surface area contributed by atoms with Crippen LogP contribution in [0.5, 0.6) is 0 Å². The van der Waals surface area contributed by atoms with Crippen LogP contribution in [0.1, 0.15) is 18.4 Å². The number of aromatic nitrogens is 3. The van der Waals surface area contributed by atoms with Gasteiger partial charge in [0.2, 0.25) is 11.8 Å². The van der Waals surface area contributed by atoms with Gasteiger partial charge in [0.1, 0.15) is 0 Å². The minimum Gasteiger partial charge on any atom is -0.376 e. The Labute approximate surface area is 202 Å². The zero-order valence-electron chi connectivity index (χ0n) is 18.9. The second-order valence-corrected chi connectivity index (χ2v) is 8.85. The van der Waals surface area contributed by atoms with Crippen molar-refractivity contribution < 1.29 is 14.3 Å². The van der Waals surface area contributed by atoms with E-state index in [1.807, 2.05) is 66.2 Å². The average molecular weight is 478 g/mol. The molecule has 2 amide bonds. The highest BCUT2D eigenvalue weighted by Crippen LogP contribution is 2.24. The van der Waals surface area contributed by atoms with E-state index < -0.39 is 0 Å². The van der Waals surface area contributed by atoms with Crippen molar-refractivity contribution in [3.8, 4) is 11.4 Å². The van der Waals surface area contributed by atoms with Gasteiger partial charge in [0, 0.05) is 37.5 Å². The van der Waals surface area contributed by atoms with Crippen molar-refractivity contribution in [2.75, 3.05) is 24.2 Å². The van der Waals surface area contributed by atoms with Crippen molar-refractivity contribution in [1.82, 2.24) is 20.1 Å². The lowest BCUT2D eigenvalue weighted by Gasteiger charge is -2.10. The van der Waals surface area contributed by atoms with Crippen LogP contribution in [0.25, 0.3) is 17.5 Å². The first-order chi connectivity index (χ1) is 16.6. The Morgan fingerprint density at radius 3 is 2.68 bits per heavy atom. The maximum absolute atomic E-state index is 12.2. The molecule has 176 valence electrons. The summed E-state index contributed by atoms with van der Waals surface area (Å²) in [5.41, 5.74) is 2.51. The first kappa shape index (κ1) is 23.7. The Morgan fingerprint density at radius 1 is 1.15 bits per heavy atom. The van der Waals surface area contributed by atoms with Crippen LogP contribution >= 0.6 is 11.8 Å². The maximum atomic E-state index is 12.2. The van der Waals surface area contributed by atoms with E-state index in [-0.39, 0.29) is 23.7 Å². The van der Waals surface area contributed by atoms with Crippen LogP contribution in [0.3, 0.4) is 0 Å². The summed E-state index contributed by atoms with van der Waals surface area (Å²) < 4.78 is 7.38. The Hall–Kier alpha value is -3.43. The number of carbonyl (C=O) groups is 2. The van der Waals surface area contributed by atoms with Gasteiger partial charge in [-0.1, -0.05) is 42.1 Å². The number of amides is 2. The van der Waals surface area contributed by atoms with Crippen LogP contribution < -0.4 is 10.6 Å². The molecule has 0 aliphatic carbocycles. The number of thioether (sulfide) groups is 1. The third-order valence-electron chi connectivity index (χ3n) is 5.36. The van der Waals surface area contributed by atoms with Gasteiger partial charge < -0.3 is 19.9 Å². The van der Waals surface area contributed by atoms with Gasteiger partial charge in [-0.05, 0) is 48.7 Å². The van der Waals surface area contributed by atoms with E-state index in [1.54, 1.807) is 6.08 Å². The molecule has 34 heavy (non-hydrogen) atoms. The molecule has 1 aliphatic rings. The van der Waals surface area contributed by atoms with Gasteiger partial charge in [0.15, 0.2) is 11.0 Å². The van der Waals surface area contributed by atoms with Crippen molar-refractivity contribution >= 4 is 35.3 Å². The summed E-state index contributed by atoms with van der Waals surface area (Å²) in [6.07, 6.45) is 5.45. The standard InChI is InChI=1S/C25H27N5O3S/c1-30-24(28-29-25(30)34-17-23(32)26-16-21-8-5-15-33-21)19-10-12-20(13-11-19)27-22(31)14-9-18-6-3-2-4-7-18/h2-4,6-7,9-14,21H,5,8,15-17H2,1H3,(H,26,32)(H,27,31)/b14-9+. The summed E-state index contributed by atoms with van der Waals surface area (Å²) in [6.45, 7) is 1.32. The van der Waals surface area contributed by atoms with Gasteiger partial charge >= 0.3 is 0 Å². The molecule has 4 rings (SSSR count). The molecular weight excluding hydrogens is 450 g/mol. The summed E-state index contributed by atoms with van der Waals surface area (Å²) in [7, 11) is 1.87. The van der Waals surface area contributed by atoms with E-state index in [4.69, 9.17) is 4.74 Å². The number of nitrogens with one attached hydrogen (secondary N) is 2.